The summed E-state index contributed by atoms with van der Waals surface area (Å²) in [6.07, 6.45) is 2.87. The number of hydrogen-bond donors (Lipinski definition) is 0. The number of nitrogens with zero attached hydrogens (tertiary/aromatic N) is 2. The maximum Gasteiger partial charge on any atom is 0.159 e. The molecule has 0 aliphatic carbocycles. The van der Waals surface area contributed by atoms with Gasteiger partial charge in [0.1, 0.15) is 5.76 Å². The average Bonchev–Trinajstić information content (AvgIpc) is 3.03. The van der Waals surface area contributed by atoms with Gasteiger partial charge in [0.25, 0.3) is 0 Å². The summed E-state index contributed by atoms with van der Waals surface area (Å²) in [6.45, 7) is 2.46. The second kappa shape index (κ2) is 7.05. The first-order chi connectivity index (χ1) is 10.3. The van der Waals surface area contributed by atoms with Crippen LogP contribution in [0.5, 0.6) is 0 Å². The molecule has 0 N–H and O–H groups in total. The van der Waals surface area contributed by atoms with Crippen molar-refractivity contribution in [3.63, 3.8) is 0 Å². The number of halogens is 1. The molecule has 0 saturated carbocycles. The lowest BCUT2D eigenvalue weighted by atomic mass is 10.2. The van der Waals surface area contributed by atoms with E-state index in [0.717, 1.165) is 47.8 Å². The van der Waals surface area contributed by atoms with Crippen LogP contribution in [-0.2, 0) is 13.1 Å². The van der Waals surface area contributed by atoms with Crippen LogP contribution in [0.4, 0.5) is 0 Å². The summed E-state index contributed by atoms with van der Waals surface area (Å²) in [7, 11) is 0. The SMILES string of the molecule is Clc1ccc(CN(Cc2ccco2)C2=NCCCS2)cc1. The largest absolute Gasteiger partial charge is 0.467 e. The van der Waals surface area contributed by atoms with Gasteiger partial charge in [-0.3, -0.25) is 4.99 Å². The maximum atomic E-state index is 5.96. The Balaban J connectivity index is 1.77. The molecule has 0 amide bonds. The second-order valence-electron chi connectivity index (χ2n) is 4.93. The summed E-state index contributed by atoms with van der Waals surface area (Å²) in [6, 6.07) is 11.9. The van der Waals surface area contributed by atoms with Crippen LogP contribution in [0.2, 0.25) is 5.02 Å². The van der Waals surface area contributed by atoms with E-state index < -0.39 is 0 Å². The summed E-state index contributed by atoms with van der Waals surface area (Å²) in [4.78, 5) is 6.93. The van der Waals surface area contributed by atoms with Crippen molar-refractivity contribution >= 4 is 28.5 Å². The van der Waals surface area contributed by atoms with E-state index >= 15 is 0 Å². The van der Waals surface area contributed by atoms with Crippen molar-refractivity contribution in [2.45, 2.75) is 19.5 Å². The van der Waals surface area contributed by atoms with Gasteiger partial charge in [-0.25, -0.2) is 0 Å². The van der Waals surface area contributed by atoms with E-state index in [1.54, 1.807) is 6.26 Å². The Morgan fingerprint density at radius 2 is 2.05 bits per heavy atom. The number of aliphatic imine (C=N–C) groups is 1. The minimum Gasteiger partial charge on any atom is -0.467 e. The van der Waals surface area contributed by atoms with Gasteiger partial charge in [0.05, 0.1) is 12.8 Å². The first-order valence-electron chi connectivity index (χ1n) is 7.00. The number of furan rings is 1. The molecule has 0 atom stereocenters. The molecule has 0 unspecified atom stereocenters. The topological polar surface area (TPSA) is 28.7 Å². The van der Waals surface area contributed by atoms with Gasteiger partial charge in [-0.05, 0) is 36.2 Å². The predicted octanol–water partition coefficient (Wildman–Crippen LogP) is 4.43. The molecule has 21 heavy (non-hydrogen) atoms. The van der Waals surface area contributed by atoms with Crippen LogP contribution in [0.1, 0.15) is 17.7 Å². The highest BCUT2D eigenvalue weighted by Gasteiger charge is 2.16. The summed E-state index contributed by atoms with van der Waals surface area (Å²) in [5, 5.41) is 1.87. The van der Waals surface area contributed by atoms with Crippen LogP contribution < -0.4 is 0 Å². The summed E-state index contributed by atoms with van der Waals surface area (Å²) in [5.74, 6) is 2.09. The van der Waals surface area contributed by atoms with Crippen LogP contribution in [0.15, 0.2) is 52.1 Å². The van der Waals surface area contributed by atoms with E-state index in [1.165, 1.54) is 5.56 Å². The normalized spacial score (nSPS) is 14.8. The molecule has 0 spiro atoms. The Kier molecular flexibility index (Phi) is 4.88. The molecule has 1 aromatic carbocycles. The van der Waals surface area contributed by atoms with Gasteiger partial charge in [0.15, 0.2) is 5.17 Å². The zero-order chi connectivity index (χ0) is 14.5. The van der Waals surface area contributed by atoms with Gasteiger partial charge in [-0.15, -0.1) is 0 Å². The zero-order valence-electron chi connectivity index (χ0n) is 11.7. The third-order valence-corrected chi connectivity index (χ3v) is 4.65. The van der Waals surface area contributed by atoms with Gasteiger partial charge in [-0.1, -0.05) is 35.5 Å². The maximum absolute atomic E-state index is 5.96. The summed E-state index contributed by atoms with van der Waals surface area (Å²) >= 11 is 7.78. The number of amidine groups is 1. The quantitative estimate of drug-likeness (QED) is 0.834. The van der Waals surface area contributed by atoms with Gasteiger partial charge in [0, 0.05) is 23.9 Å². The molecule has 3 rings (SSSR count). The molecule has 110 valence electrons. The van der Waals surface area contributed by atoms with E-state index in [4.69, 9.17) is 16.0 Å². The fourth-order valence-electron chi connectivity index (χ4n) is 2.23. The van der Waals surface area contributed by atoms with Gasteiger partial charge < -0.3 is 9.32 Å². The molecule has 0 fully saturated rings. The van der Waals surface area contributed by atoms with E-state index in [9.17, 15) is 0 Å². The molecule has 2 heterocycles. The van der Waals surface area contributed by atoms with Crippen molar-refractivity contribution in [1.82, 2.24) is 4.90 Å². The molecule has 0 bridgehead atoms. The average molecular weight is 321 g/mol. The predicted molar refractivity (Wildman–Crippen MR) is 88.8 cm³/mol. The zero-order valence-corrected chi connectivity index (χ0v) is 13.2. The Labute approximate surface area is 134 Å². The van der Waals surface area contributed by atoms with Gasteiger partial charge >= 0.3 is 0 Å². The van der Waals surface area contributed by atoms with Crippen molar-refractivity contribution in [3.05, 3.63) is 59.0 Å². The van der Waals surface area contributed by atoms with E-state index in [2.05, 4.69) is 22.0 Å². The van der Waals surface area contributed by atoms with Crippen molar-refractivity contribution < 1.29 is 4.42 Å². The molecule has 3 nitrogen and oxygen atoms in total. The minimum atomic E-state index is 0.738. The van der Waals surface area contributed by atoms with Crippen molar-refractivity contribution in [2.75, 3.05) is 12.3 Å². The molecule has 2 aromatic rings. The smallest absolute Gasteiger partial charge is 0.159 e. The Morgan fingerprint density at radius 1 is 1.19 bits per heavy atom. The molecular formula is C16H17ClN2OS. The standard InChI is InChI=1S/C16H17ClN2OS/c17-14-6-4-13(5-7-14)11-19(12-15-3-1-9-20-15)16-18-8-2-10-21-16/h1,3-7,9H,2,8,10-12H2. The second-order valence-corrected chi connectivity index (χ2v) is 6.43. The van der Waals surface area contributed by atoms with Crippen LogP contribution in [-0.4, -0.2) is 22.4 Å². The molecular weight excluding hydrogens is 304 g/mol. The first-order valence-corrected chi connectivity index (χ1v) is 8.36. The summed E-state index contributed by atoms with van der Waals surface area (Å²) < 4.78 is 5.48. The lowest BCUT2D eigenvalue weighted by Crippen LogP contribution is -2.29. The highest BCUT2D eigenvalue weighted by Crippen LogP contribution is 2.21. The molecule has 5 heteroatoms. The Morgan fingerprint density at radius 3 is 2.71 bits per heavy atom. The number of hydrogen-bond acceptors (Lipinski definition) is 4. The van der Waals surface area contributed by atoms with Gasteiger partial charge in [-0.2, -0.15) is 0 Å². The molecule has 0 saturated heterocycles. The number of benzene rings is 1. The molecule has 0 radical (unpaired) electrons. The fraction of sp³-hybridized carbons (Fsp3) is 0.312. The van der Waals surface area contributed by atoms with E-state index in [0.29, 0.717) is 0 Å². The molecule has 1 aromatic heterocycles. The molecule has 1 aliphatic heterocycles. The lowest BCUT2D eigenvalue weighted by Gasteiger charge is -2.26. The third-order valence-electron chi connectivity index (χ3n) is 3.26. The van der Waals surface area contributed by atoms with Crippen LogP contribution >= 0.6 is 23.4 Å². The minimum absolute atomic E-state index is 0.738. The monoisotopic (exact) mass is 320 g/mol. The fourth-order valence-corrected chi connectivity index (χ4v) is 3.31. The van der Waals surface area contributed by atoms with Crippen LogP contribution in [0, 0.1) is 0 Å². The highest BCUT2D eigenvalue weighted by molar-refractivity contribution is 8.13. The third kappa shape index (κ3) is 4.05. The van der Waals surface area contributed by atoms with Crippen LogP contribution in [0.3, 0.4) is 0 Å². The summed E-state index contributed by atoms with van der Waals surface area (Å²) in [5.41, 5.74) is 1.22. The Bertz CT molecular complexity index is 595. The highest BCUT2D eigenvalue weighted by atomic mass is 35.5. The van der Waals surface area contributed by atoms with Crippen molar-refractivity contribution in [3.8, 4) is 0 Å². The van der Waals surface area contributed by atoms with Crippen molar-refractivity contribution in [1.29, 1.82) is 0 Å². The van der Waals surface area contributed by atoms with Crippen LogP contribution in [0.25, 0.3) is 0 Å². The molecule has 1 aliphatic rings. The lowest BCUT2D eigenvalue weighted by molar-refractivity contribution is 0.360. The number of thioether (sulfide) groups is 1. The number of rotatable bonds is 4. The first kappa shape index (κ1) is 14.5. The van der Waals surface area contributed by atoms with E-state index in [-0.39, 0.29) is 0 Å². The Hall–Kier alpha value is -1.39. The van der Waals surface area contributed by atoms with E-state index in [1.807, 2.05) is 36.0 Å². The van der Waals surface area contributed by atoms with Gasteiger partial charge in [0.2, 0.25) is 0 Å². The van der Waals surface area contributed by atoms with Crippen molar-refractivity contribution in [2.24, 2.45) is 4.99 Å².